The number of fused-ring (bicyclic) bond motifs is 4. The van der Waals surface area contributed by atoms with E-state index in [1.807, 2.05) is 36.4 Å². The Balaban J connectivity index is 1.51. The third-order valence-electron chi connectivity index (χ3n) is 7.82. The highest BCUT2D eigenvalue weighted by molar-refractivity contribution is 5.82. The van der Waals surface area contributed by atoms with E-state index in [0.29, 0.717) is 22.9 Å². The molecular formula is C27H28F3N2O+. The molecule has 4 heterocycles. The van der Waals surface area contributed by atoms with Crippen LogP contribution < -0.4 is 0 Å². The van der Waals surface area contributed by atoms with E-state index in [0.717, 1.165) is 60.1 Å². The van der Waals surface area contributed by atoms with Crippen LogP contribution >= 0.6 is 0 Å². The fourth-order valence-corrected chi connectivity index (χ4v) is 6.13. The smallest absolute Gasteiger partial charge is 0.382 e. The molecule has 3 saturated heterocycles. The number of para-hydroxylation sites is 1. The van der Waals surface area contributed by atoms with Crippen molar-refractivity contribution in [3.63, 3.8) is 0 Å². The number of halogens is 3. The van der Waals surface area contributed by atoms with Gasteiger partial charge < -0.3 is 9.59 Å². The van der Waals surface area contributed by atoms with Crippen LogP contribution in [-0.4, -0.2) is 33.7 Å². The molecule has 2 bridgehead atoms. The van der Waals surface area contributed by atoms with Crippen molar-refractivity contribution in [3.05, 3.63) is 90.1 Å². The molecular weight excluding hydrogens is 425 g/mol. The summed E-state index contributed by atoms with van der Waals surface area (Å²) < 4.78 is 39.8. The van der Waals surface area contributed by atoms with Crippen molar-refractivity contribution < 1.29 is 22.8 Å². The van der Waals surface area contributed by atoms with Crippen LogP contribution in [0.5, 0.6) is 0 Å². The van der Waals surface area contributed by atoms with E-state index in [4.69, 9.17) is 0 Å². The molecule has 6 rings (SSSR count). The normalized spacial score (nSPS) is 28.1. The molecule has 6 heteroatoms. The summed E-state index contributed by atoms with van der Waals surface area (Å²) in [6.45, 7) is 6.39. The Kier molecular flexibility index (Phi) is 5.53. The maximum Gasteiger partial charge on any atom is 0.416 e. The predicted octanol–water partition coefficient (Wildman–Crippen LogP) is 5.90. The van der Waals surface area contributed by atoms with Gasteiger partial charge in [0.25, 0.3) is 0 Å². The van der Waals surface area contributed by atoms with E-state index in [-0.39, 0.29) is 6.04 Å². The molecule has 3 aliphatic rings. The number of aromatic nitrogens is 1. The first kappa shape index (κ1) is 22.1. The van der Waals surface area contributed by atoms with Gasteiger partial charge in [-0.2, -0.15) is 13.2 Å². The lowest BCUT2D eigenvalue weighted by molar-refractivity contribution is -0.984. The second kappa shape index (κ2) is 8.26. The van der Waals surface area contributed by atoms with Gasteiger partial charge in [0.1, 0.15) is 18.7 Å². The topological polar surface area (TPSA) is 33.1 Å². The molecule has 3 nitrogen and oxygen atoms in total. The standard InChI is InChI=1S/C27H28F3N2O/c1-2-19-17-32(16-18-7-9-21(10-8-18)27(28,29)30)14-12-20(19)15-25(32)26(33)23-11-13-31-24-6-4-3-5-22(23)24/h2-11,13,19-20,25-26,33H,1,12,14-17H2/q+1/t19-,20+,25+,26+,32-/m1/s1. The molecule has 1 N–H and O–H groups in total. The van der Waals surface area contributed by atoms with Crippen LogP contribution in [0, 0.1) is 11.8 Å². The molecule has 0 radical (unpaired) electrons. The Morgan fingerprint density at radius 1 is 1.12 bits per heavy atom. The summed E-state index contributed by atoms with van der Waals surface area (Å²) in [5.41, 5.74) is 1.96. The predicted molar refractivity (Wildman–Crippen MR) is 122 cm³/mol. The van der Waals surface area contributed by atoms with Crippen LogP contribution in [0.25, 0.3) is 10.9 Å². The highest BCUT2D eigenvalue weighted by atomic mass is 19.4. The van der Waals surface area contributed by atoms with E-state index in [2.05, 4.69) is 11.6 Å². The average Bonchev–Trinajstić information content (AvgIpc) is 2.83. The minimum absolute atomic E-state index is 0.0342. The number of alkyl halides is 3. The first-order chi connectivity index (χ1) is 15.8. The van der Waals surface area contributed by atoms with Gasteiger partial charge in [-0.3, -0.25) is 4.98 Å². The van der Waals surface area contributed by atoms with E-state index >= 15 is 0 Å². The van der Waals surface area contributed by atoms with Crippen LogP contribution in [0.2, 0.25) is 0 Å². The van der Waals surface area contributed by atoms with Gasteiger partial charge in [0.05, 0.1) is 24.2 Å². The van der Waals surface area contributed by atoms with Crippen LogP contribution in [0.15, 0.2) is 73.4 Å². The van der Waals surface area contributed by atoms with E-state index in [1.54, 1.807) is 18.3 Å². The fourth-order valence-electron chi connectivity index (χ4n) is 6.13. The summed E-state index contributed by atoms with van der Waals surface area (Å²) in [4.78, 5) is 4.43. The first-order valence-electron chi connectivity index (χ1n) is 11.5. The SMILES string of the molecule is C=C[C@@H]1C[N@+]2(Cc3ccc(C(F)(F)F)cc3)CC[C@H]1C[C@H]2[C@@H](O)c1ccnc2ccccc12. The zero-order chi connectivity index (χ0) is 23.2. The zero-order valence-electron chi connectivity index (χ0n) is 18.4. The summed E-state index contributed by atoms with van der Waals surface area (Å²) >= 11 is 0. The Labute approximate surface area is 191 Å². The minimum atomic E-state index is -4.34. The van der Waals surface area contributed by atoms with Crippen molar-refractivity contribution in [2.24, 2.45) is 11.8 Å². The summed E-state index contributed by atoms with van der Waals surface area (Å²) in [6, 6.07) is 15.2. The lowest BCUT2D eigenvalue weighted by atomic mass is 9.71. The number of quaternary nitrogens is 1. The molecule has 172 valence electrons. The van der Waals surface area contributed by atoms with Crippen molar-refractivity contribution in [1.82, 2.24) is 4.98 Å². The maximum atomic E-state index is 13.1. The van der Waals surface area contributed by atoms with Gasteiger partial charge in [-0.05, 0) is 35.7 Å². The summed E-state index contributed by atoms with van der Waals surface area (Å²) in [6.07, 6.45) is 0.648. The third kappa shape index (κ3) is 3.96. The van der Waals surface area contributed by atoms with Gasteiger partial charge in [-0.15, -0.1) is 6.58 Å². The van der Waals surface area contributed by atoms with Crippen LogP contribution in [0.1, 0.15) is 35.6 Å². The number of nitrogens with zero attached hydrogens (tertiary/aromatic N) is 2. The number of hydrogen-bond donors (Lipinski definition) is 1. The molecule has 3 aromatic rings. The average molecular weight is 454 g/mol. The second-order valence-corrected chi connectivity index (χ2v) is 9.59. The highest BCUT2D eigenvalue weighted by Crippen LogP contribution is 2.48. The minimum Gasteiger partial charge on any atom is -0.382 e. The van der Waals surface area contributed by atoms with E-state index < -0.39 is 17.8 Å². The van der Waals surface area contributed by atoms with Gasteiger partial charge in [-0.25, -0.2) is 0 Å². The molecule has 0 saturated carbocycles. The van der Waals surface area contributed by atoms with Crippen molar-refractivity contribution in [1.29, 1.82) is 0 Å². The lowest BCUT2D eigenvalue weighted by Gasteiger charge is -2.58. The number of hydrogen-bond acceptors (Lipinski definition) is 2. The van der Waals surface area contributed by atoms with Crippen molar-refractivity contribution in [2.45, 2.75) is 37.7 Å². The molecule has 5 atom stereocenters. The lowest BCUT2D eigenvalue weighted by Crippen LogP contribution is -2.67. The number of aliphatic hydroxyl groups excluding tert-OH is 1. The fraction of sp³-hybridized carbons (Fsp3) is 0.370. The molecule has 0 amide bonds. The highest BCUT2D eigenvalue weighted by Gasteiger charge is 2.54. The monoisotopic (exact) mass is 453 g/mol. The Morgan fingerprint density at radius 3 is 2.61 bits per heavy atom. The van der Waals surface area contributed by atoms with Gasteiger partial charge in [-0.1, -0.05) is 36.4 Å². The van der Waals surface area contributed by atoms with Crippen molar-refractivity contribution >= 4 is 10.9 Å². The first-order valence-corrected chi connectivity index (χ1v) is 11.5. The molecule has 3 aliphatic heterocycles. The molecule has 0 aliphatic carbocycles. The second-order valence-electron chi connectivity index (χ2n) is 9.59. The molecule has 0 spiro atoms. The Bertz CT molecular complexity index is 1150. The molecule has 0 unspecified atom stereocenters. The molecule has 1 aromatic heterocycles. The van der Waals surface area contributed by atoms with Crippen molar-refractivity contribution in [2.75, 3.05) is 13.1 Å². The van der Waals surface area contributed by atoms with E-state index in [1.165, 1.54) is 0 Å². The van der Waals surface area contributed by atoms with Crippen LogP contribution in [0.3, 0.4) is 0 Å². The van der Waals surface area contributed by atoms with Gasteiger partial charge in [0.2, 0.25) is 0 Å². The van der Waals surface area contributed by atoms with Gasteiger partial charge in [0, 0.05) is 35.9 Å². The summed E-state index contributed by atoms with van der Waals surface area (Å²) in [5, 5.41) is 12.6. The largest absolute Gasteiger partial charge is 0.416 e. The van der Waals surface area contributed by atoms with Gasteiger partial charge >= 0.3 is 6.18 Å². The van der Waals surface area contributed by atoms with E-state index in [9.17, 15) is 18.3 Å². The number of rotatable bonds is 5. The Hall–Kier alpha value is -2.70. The van der Waals surface area contributed by atoms with Crippen LogP contribution in [-0.2, 0) is 12.7 Å². The third-order valence-corrected chi connectivity index (χ3v) is 7.82. The number of piperidine rings is 3. The number of aliphatic hydroxyl groups is 1. The number of benzene rings is 2. The molecule has 3 fully saturated rings. The Morgan fingerprint density at radius 2 is 1.88 bits per heavy atom. The van der Waals surface area contributed by atoms with Crippen molar-refractivity contribution in [3.8, 4) is 0 Å². The zero-order valence-corrected chi connectivity index (χ0v) is 18.4. The maximum absolute atomic E-state index is 13.1. The molecule has 2 aromatic carbocycles. The van der Waals surface area contributed by atoms with Crippen LogP contribution in [0.4, 0.5) is 13.2 Å². The molecule has 33 heavy (non-hydrogen) atoms. The van der Waals surface area contributed by atoms with Gasteiger partial charge in [0.15, 0.2) is 0 Å². The quantitative estimate of drug-likeness (QED) is 0.386. The summed E-state index contributed by atoms with van der Waals surface area (Å²) in [5.74, 6) is 0.827. The summed E-state index contributed by atoms with van der Waals surface area (Å²) in [7, 11) is 0. The number of pyridine rings is 1.